The maximum atomic E-state index is 13.5. The second-order valence-electron chi connectivity index (χ2n) is 4.91. The second-order valence-corrected chi connectivity index (χ2v) is 4.91. The van der Waals surface area contributed by atoms with E-state index in [1.807, 2.05) is 0 Å². The van der Waals surface area contributed by atoms with Crippen LogP contribution in [0.25, 0.3) is 0 Å². The molecule has 2 rings (SSSR count). The van der Waals surface area contributed by atoms with Gasteiger partial charge in [-0.1, -0.05) is 12.1 Å². The van der Waals surface area contributed by atoms with Gasteiger partial charge in [0, 0.05) is 6.20 Å². The van der Waals surface area contributed by atoms with Crippen molar-refractivity contribution in [1.82, 2.24) is 4.98 Å². The predicted molar refractivity (Wildman–Crippen MR) is 74.7 cm³/mol. The minimum atomic E-state index is -4.55. The van der Waals surface area contributed by atoms with Gasteiger partial charge in [0.15, 0.2) is 11.6 Å². The average molecular weight is 327 g/mol. The minimum Gasteiger partial charge on any atom is -0.494 e. The fraction of sp³-hybridized carbons (Fsp3) is 0.250. The van der Waals surface area contributed by atoms with Crippen LogP contribution in [0.1, 0.15) is 29.7 Å². The fourth-order valence-corrected chi connectivity index (χ4v) is 2.26. The zero-order valence-corrected chi connectivity index (χ0v) is 12.3. The number of ketones is 1. The summed E-state index contributed by atoms with van der Waals surface area (Å²) in [6.45, 7) is 1.30. The van der Waals surface area contributed by atoms with E-state index >= 15 is 0 Å². The molecule has 0 amide bonds. The molecule has 3 nitrogen and oxygen atoms in total. The fourth-order valence-electron chi connectivity index (χ4n) is 2.26. The number of ether oxygens (including phenoxy) is 1. The Morgan fingerprint density at radius 1 is 1.17 bits per heavy atom. The number of aromatic nitrogens is 1. The summed E-state index contributed by atoms with van der Waals surface area (Å²) in [6, 6.07) is 5.88. The first-order valence-electron chi connectivity index (χ1n) is 6.61. The number of nitrogens with zero attached hydrogens (tertiary/aromatic N) is 1. The van der Waals surface area contributed by atoms with Crippen LogP contribution in [-0.4, -0.2) is 17.9 Å². The van der Waals surface area contributed by atoms with E-state index in [4.69, 9.17) is 4.74 Å². The SMILES string of the molecule is COc1cc(C(C(C)=O)c2ccc(C(F)(F)F)nc2)ccc1F. The lowest BCUT2D eigenvalue weighted by atomic mass is 9.89. The van der Waals surface area contributed by atoms with Gasteiger partial charge >= 0.3 is 6.18 Å². The van der Waals surface area contributed by atoms with E-state index in [0.29, 0.717) is 11.1 Å². The number of carbonyl (C=O) groups excluding carboxylic acids is 1. The number of rotatable bonds is 4. The zero-order valence-electron chi connectivity index (χ0n) is 12.3. The van der Waals surface area contributed by atoms with Crippen LogP contribution in [0.2, 0.25) is 0 Å². The smallest absolute Gasteiger partial charge is 0.433 e. The van der Waals surface area contributed by atoms with Crippen molar-refractivity contribution in [2.24, 2.45) is 0 Å². The van der Waals surface area contributed by atoms with Gasteiger partial charge in [0.2, 0.25) is 0 Å². The van der Waals surface area contributed by atoms with Gasteiger partial charge in [-0.3, -0.25) is 9.78 Å². The highest BCUT2D eigenvalue weighted by Crippen LogP contribution is 2.32. The third-order valence-corrected chi connectivity index (χ3v) is 3.33. The Labute approximate surface area is 129 Å². The lowest BCUT2D eigenvalue weighted by molar-refractivity contribution is -0.141. The number of alkyl halides is 3. The summed E-state index contributed by atoms with van der Waals surface area (Å²) in [5.41, 5.74) is -0.336. The van der Waals surface area contributed by atoms with Crippen LogP contribution in [-0.2, 0) is 11.0 Å². The molecule has 0 aliphatic rings. The van der Waals surface area contributed by atoms with Gasteiger partial charge in [0.05, 0.1) is 13.0 Å². The molecular weight excluding hydrogens is 314 g/mol. The van der Waals surface area contributed by atoms with Crippen molar-refractivity contribution < 1.29 is 27.1 Å². The van der Waals surface area contributed by atoms with E-state index in [1.54, 1.807) is 0 Å². The highest BCUT2D eigenvalue weighted by Gasteiger charge is 2.32. The molecule has 0 saturated carbocycles. The van der Waals surface area contributed by atoms with Crippen molar-refractivity contribution in [3.63, 3.8) is 0 Å². The molecule has 2 aromatic rings. The van der Waals surface area contributed by atoms with Gasteiger partial charge in [-0.15, -0.1) is 0 Å². The van der Waals surface area contributed by atoms with E-state index in [-0.39, 0.29) is 11.5 Å². The topological polar surface area (TPSA) is 39.2 Å². The van der Waals surface area contributed by atoms with Crippen LogP contribution < -0.4 is 4.74 Å². The molecule has 1 unspecified atom stereocenters. The molecule has 1 heterocycles. The highest BCUT2D eigenvalue weighted by atomic mass is 19.4. The second kappa shape index (κ2) is 6.36. The quantitative estimate of drug-likeness (QED) is 0.798. The van der Waals surface area contributed by atoms with E-state index in [1.165, 1.54) is 32.2 Å². The molecule has 1 aromatic carbocycles. The first-order chi connectivity index (χ1) is 10.7. The van der Waals surface area contributed by atoms with Crippen LogP contribution in [0.3, 0.4) is 0 Å². The number of halogens is 4. The summed E-state index contributed by atoms with van der Waals surface area (Å²) in [4.78, 5) is 15.3. The molecule has 0 radical (unpaired) electrons. The van der Waals surface area contributed by atoms with Crippen LogP contribution in [0.15, 0.2) is 36.5 Å². The Balaban J connectivity index is 2.45. The molecule has 0 bridgehead atoms. The van der Waals surface area contributed by atoms with Crippen LogP contribution in [0.4, 0.5) is 17.6 Å². The molecule has 1 atom stereocenters. The Kier molecular flexibility index (Phi) is 4.68. The molecule has 0 saturated heterocycles. The summed E-state index contributed by atoms with van der Waals surface area (Å²) < 4.78 is 56.0. The van der Waals surface area contributed by atoms with Crippen molar-refractivity contribution >= 4 is 5.78 Å². The maximum Gasteiger partial charge on any atom is 0.433 e. The van der Waals surface area contributed by atoms with Crippen LogP contribution in [0, 0.1) is 5.82 Å². The van der Waals surface area contributed by atoms with Crippen molar-refractivity contribution in [2.75, 3.05) is 7.11 Å². The van der Waals surface area contributed by atoms with Gasteiger partial charge in [-0.2, -0.15) is 13.2 Å². The van der Waals surface area contributed by atoms with Crippen LogP contribution in [0.5, 0.6) is 5.75 Å². The Hall–Kier alpha value is -2.44. The number of benzene rings is 1. The number of carbonyl (C=O) groups is 1. The van der Waals surface area contributed by atoms with Crippen molar-refractivity contribution in [1.29, 1.82) is 0 Å². The third-order valence-electron chi connectivity index (χ3n) is 3.33. The summed E-state index contributed by atoms with van der Waals surface area (Å²) >= 11 is 0. The van der Waals surface area contributed by atoms with Gasteiger partial charge in [-0.25, -0.2) is 4.39 Å². The number of hydrogen-bond acceptors (Lipinski definition) is 3. The monoisotopic (exact) mass is 327 g/mol. The molecule has 7 heteroatoms. The summed E-state index contributed by atoms with van der Waals surface area (Å²) in [7, 11) is 1.28. The Morgan fingerprint density at radius 2 is 1.83 bits per heavy atom. The number of hydrogen-bond donors (Lipinski definition) is 0. The first-order valence-corrected chi connectivity index (χ1v) is 6.61. The van der Waals surface area contributed by atoms with E-state index in [0.717, 1.165) is 18.3 Å². The predicted octanol–water partition coefficient (Wildman–Crippen LogP) is 3.97. The largest absolute Gasteiger partial charge is 0.494 e. The van der Waals surface area contributed by atoms with Crippen molar-refractivity contribution in [3.8, 4) is 5.75 Å². The zero-order chi connectivity index (χ0) is 17.2. The van der Waals surface area contributed by atoms with Crippen molar-refractivity contribution in [2.45, 2.75) is 19.0 Å². The standard InChI is InChI=1S/C16H13F4NO2/c1-9(22)15(10-3-5-12(17)13(7-10)23-2)11-4-6-14(21-8-11)16(18,19)20/h3-8,15H,1-2H3. The van der Waals surface area contributed by atoms with Gasteiger partial charge in [0.25, 0.3) is 0 Å². The third kappa shape index (κ3) is 3.67. The molecule has 0 aliphatic heterocycles. The molecule has 0 spiro atoms. The molecule has 0 aliphatic carbocycles. The normalized spacial score (nSPS) is 12.8. The lowest BCUT2D eigenvalue weighted by Crippen LogP contribution is -2.13. The minimum absolute atomic E-state index is 0.0476. The molecular formula is C16H13F4NO2. The first kappa shape index (κ1) is 16.9. The number of pyridine rings is 1. The van der Waals surface area contributed by atoms with E-state index in [9.17, 15) is 22.4 Å². The van der Waals surface area contributed by atoms with Crippen LogP contribution >= 0.6 is 0 Å². The van der Waals surface area contributed by atoms with E-state index < -0.39 is 23.6 Å². The van der Waals surface area contributed by atoms with Gasteiger partial charge in [-0.05, 0) is 36.2 Å². The van der Waals surface area contributed by atoms with Crippen molar-refractivity contribution in [3.05, 3.63) is 59.2 Å². The lowest BCUT2D eigenvalue weighted by Gasteiger charge is -2.16. The Bertz CT molecular complexity index is 711. The maximum absolute atomic E-state index is 13.5. The molecule has 0 fully saturated rings. The summed E-state index contributed by atoms with van der Waals surface area (Å²) in [5, 5.41) is 0. The molecule has 1 aromatic heterocycles. The number of methoxy groups -OCH3 is 1. The van der Waals surface area contributed by atoms with E-state index in [2.05, 4.69) is 4.98 Å². The average Bonchev–Trinajstić information content (AvgIpc) is 2.48. The van der Waals surface area contributed by atoms with Gasteiger partial charge < -0.3 is 4.74 Å². The summed E-state index contributed by atoms with van der Waals surface area (Å²) in [5.74, 6) is -1.79. The number of Topliss-reactive ketones (excluding diaryl/α,β-unsaturated/α-hetero) is 1. The van der Waals surface area contributed by atoms with Gasteiger partial charge in [0.1, 0.15) is 11.5 Å². The molecule has 0 N–H and O–H groups in total. The molecule has 23 heavy (non-hydrogen) atoms. The highest BCUT2D eigenvalue weighted by molar-refractivity contribution is 5.87. The Morgan fingerprint density at radius 3 is 2.30 bits per heavy atom. The molecule has 122 valence electrons. The summed E-state index contributed by atoms with van der Waals surface area (Å²) in [6.07, 6.45) is -3.55.